The van der Waals surface area contributed by atoms with Crippen molar-refractivity contribution in [2.75, 3.05) is 6.54 Å². The van der Waals surface area contributed by atoms with Gasteiger partial charge in [-0.25, -0.2) is 9.97 Å². The number of hydrogen-bond donors (Lipinski definition) is 13. The molecule has 71 heavy (non-hydrogen) atoms. The summed E-state index contributed by atoms with van der Waals surface area (Å²) in [6.07, 6.45) is 9.42. The quantitative estimate of drug-likeness (QED) is 0.0193. The first-order valence-electron chi connectivity index (χ1n) is 23.2. The largest absolute Gasteiger partial charge is 0.370 e. The molecular formula is C48H62N16O7. The summed E-state index contributed by atoms with van der Waals surface area (Å²) in [5, 5.41) is 18.1. The summed E-state index contributed by atoms with van der Waals surface area (Å²) in [5.74, 6) is -5.10. The molecule has 16 N–H and O–H groups in total. The number of guanidine groups is 1. The van der Waals surface area contributed by atoms with Gasteiger partial charge < -0.3 is 69.0 Å². The predicted molar refractivity (Wildman–Crippen MR) is 264 cm³/mol. The summed E-state index contributed by atoms with van der Waals surface area (Å²) in [7, 11) is 0. The second-order valence-electron chi connectivity index (χ2n) is 17.7. The van der Waals surface area contributed by atoms with E-state index in [2.05, 4.69) is 66.8 Å². The molecule has 0 unspecified atom stereocenters. The molecule has 7 amide bonds. The number of carbonyl (C=O) groups is 7. The molecule has 0 spiro atoms. The van der Waals surface area contributed by atoms with Crippen molar-refractivity contribution in [3.8, 4) is 0 Å². The number of nitrogens with zero attached hydrogens (tertiary/aromatic N) is 3. The summed E-state index contributed by atoms with van der Waals surface area (Å²) in [4.78, 5) is 121. The van der Waals surface area contributed by atoms with Crippen LogP contribution in [0.1, 0.15) is 62.5 Å². The third kappa shape index (κ3) is 15.0. The average molecular weight is 975 g/mol. The third-order valence-corrected chi connectivity index (χ3v) is 11.7. The Hall–Kier alpha value is -8.50. The number of aromatic amines is 4. The molecule has 0 aliphatic rings. The van der Waals surface area contributed by atoms with Crippen LogP contribution in [0.15, 0.2) is 91.0 Å². The van der Waals surface area contributed by atoms with Crippen molar-refractivity contribution >= 4 is 69.1 Å². The first-order chi connectivity index (χ1) is 34.0. The second-order valence-corrected chi connectivity index (χ2v) is 17.7. The number of fused-ring (bicyclic) bond motifs is 2. The topological polar surface area (TPSA) is 371 Å². The second kappa shape index (κ2) is 24.7. The Bertz CT molecular complexity index is 2800. The van der Waals surface area contributed by atoms with E-state index >= 15 is 0 Å². The number of para-hydroxylation sites is 2. The number of carbonyl (C=O) groups excluding carboxylic acids is 7. The first-order valence-corrected chi connectivity index (χ1v) is 23.2. The van der Waals surface area contributed by atoms with E-state index in [1.54, 1.807) is 12.4 Å². The van der Waals surface area contributed by atoms with Crippen molar-refractivity contribution < 1.29 is 33.6 Å². The van der Waals surface area contributed by atoms with Crippen LogP contribution in [0.2, 0.25) is 0 Å². The molecule has 4 heterocycles. The van der Waals surface area contributed by atoms with Crippen molar-refractivity contribution in [1.29, 1.82) is 0 Å². The Morgan fingerprint density at radius 3 is 1.45 bits per heavy atom. The molecule has 6 atom stereocenters. The summed E-state index contributed by atoms with van der Waals surface area (Å²) in [5.41, 5.74) is 20.9. The van der Waals surface area contributed by atoms with E-state index in [-0.39, 0.29) is 63.4 Å². The van der Waals surface area contributed by atoms with Crippen LogP contribution in [-0.4, -0.2) is 120 Å². The van der Waals surface area contributed by atoms with E-state index in [1.165, 1.54) is 32.0 Å². The molecule has 0 radical (unpaired) electrons. The molecule has 0 bridgehead atoms. The number of primary amides is 1. The van der Waals surface area contributed by atoms with E-state index in [1.807, 2.05) is 62.4 Å². The van der Waals surface area contributed by atoms with Gasteiger partial charge in [-0.15, -0.1) is 0 Å². The number of nitrogens with two attached hydrogens (primary N) is 3. The van der Waals surface area contributed by atoms with Gasteiger partial charge in [-0.3, -0.25) is 38.6 Å². The number of amides is 7. The van der Waals surface area contributed by atoms with E-state index in [0.717, 1.165) is 27.4 Å². The van der Waals surface area contributed by atoms with E-state index in [4.69, 9.17) is 17.2 Å². The number of aliphatic imine (C=N–C) groups is 1. The minimum Gasteiger partial charge on any atom is -0.370 e. The molecule has 23 nitrogen and oxygen atoms in total. The van der Waals surface area contributed by atoms with Gasteiger partial charge in [0.05, 0.1) is 12.7 Å². The standard InChI is InChI=1S/C48H62N16O7/c1-26(2)15-38(59-27(3)65)44(68)62-39(17-29-21-56-35-12-7-5-10-33(29)35)45(69)60-36(13-8-14-54-48(50)51)43(67)63-41(19-31-23-53-25-58-31)47(71)64-40(18-30-22-52-24-57-30)46(70)61-37(42(49)66)16-28-20-55-34-11-6-4-9-32(28)34/h4-7,9-12,20-26,36-41,55-56H,8,13-19H2,1-3H3,(H2,49,66)(H,52,57)(H,53,58)(H,59,65)(H,60,69)(H,61,70)(H,62,68)(H,63,67)(H,64,71)(H4,50,51,54)/t36-,37-,38-,39-,40-,41-/m1/s1. The lowest BCUT2D eigenvalue weighted by atomic mass is 10.00. The Morgan fingerprint density at radius 2 is 1.00 bits per heavy atom. The van der Waals surface area contributed by atoms with Gasteiger partial charge in [0, 0.05) is 97.1 Å². The molecule has 0 fully saturated rings. The van der Waals surface area contributed by atoms with E-state index < -0.39 is 77.6 Å². The Kier molecular flexibility index (Phi) is 18.0. The molecule has 6 aromatic rings. The van der Waals surface area contributed by atoms with Crippen LogP contribution in [-0.2, 0) is 59.2 Å². The van der Waals surface area contributed by atoms with Crippen LogP contribution < -0.4 is 49.1 Å². The monoisotopic (exact) mass is 974 g/mol. The molecule has 0 saturated carbocycles. The van der Waals surface area contributed by atoms with Crippen molar-refractivity contribution in [3.05, 3.63) is 108 Å². The molecule has 0 saturated heterocycles. The Morgan fingerprint density at radius 1 is 0.563 bits per heavy atom. The smallest absolute Gasteiger partial charge is 0.243 e. The van der Waals surface area contributed by atoms with E-state index in [9.17, 15) is 33.6 Å². The van der Waals surface area contributed by atoms with Crippen LogP contribution >= 0.6 is 0 Å². The predicted octanol–water partition coefficient (Wildman–Crippen LogP) is -0.120. The number of hydrogen-bond acceptors (Lipinski definition) is 10. The van der Waals surface area contributed by atoms with Crippen molar-refractivity contribution in [2.24, 2.45) is 28.1 Å². The third-order valence-electron chi connectivity index (χ3n) is 11.7. The highest BCUT2D eigenvalue weighted by atomic mass is 16.2. The minimum absolute atomic E-state index is 0.00174. The van der Waals surface area contributed by atoms with Crippen LogP contribution in [0.5, 0.6) is 0 Å². The molecule has 23 heteroatoms. The van der Waals surface area contributed by atoms with Crippen molar-refractivity contribution in [1.82, 2.24) is 61.8 Å². The lowest BCUT2D eigenvalue weighted by Crippen LogP contribution is -2.60. The Labute approximate surface area is 408 Å². The average Bonchev–Trinajstić information content (AvgIpc) is 4.18. The first kappa shape index (κ1) is 51.9. The van der Waals surface area contributed by atoms with Crippen LogP contribution in [0.4, 0.5) is 0 Å². The zero-order chi connectivity index (χ0) is 51.0. The summed E-state index contributed by atoms with van der Waals surface area (Å²) < 4.78 is 0. The maximum absolute atomic E-state index is 14.6. The summed E-state index contributed by atoms with van der Waals surface area (Å²) >= 11 is 0. The maximum atomic E-state index is 14.6. The van der Waals surface area contributed by atoms with Gasteiger partial charge in [0.15, 0.2) is 5.96 Å². The number of nitrogens with one attached hydrogen (secondary N) is 10. The fourth-order valence-electron chi connectivity index (χ4n) is 8.21. The summed E-state index contributed by atoms with van der Waals surface area (Å²) in [6, 6.07) is 7.43. The fourth-order valence-corrected chi connectivity index (χ4v) is 8.21. The van der Waals surface area contributed by atoms with Crippen molar-refractivity contribution in [3.63, 3.8) is 0 Å². The van der Waals surface area contributed by atoms with Gasteiger partial charge in [0.2, 0.25) is 41.4 Å². The Balaban J connectivity index is 1.26. The van der Waals surface area contributed by atoms with Gasteiger partial charge >= 0.3 is 0 Å². The fraction of sp³-hybridized carbons (Fsp3) is 0.375. The summed E-state index contributed by atoms with van der Waals surface area (Å²) in [6.45, 7) is 5.17. The highest BCUT2D eigenvalue weighted by Gasteiger charge is 2.34. The molecule has 2 aromatic carbocycles. The molecule has 0 aliphatic heterocycles. The number of imidazole rings is 2. The molecular weight excluding hydrogens is 913 g/mol. The molecule has 376 valence electrons. The van der Waals surface area contributed by atoms with Gasteiger partial charge in [-0.2, -0.15) is 0 Å². The maximum Gasteiger partial charge on any atom is 0.243 e. The zero-order valence-electron chi connectivity index (χ0n) is 39.7. The van der Waals surface area contributed by atoms with Gasteiger partial charge in [0.25, 0.3) is 0 Å². The van der Waals surface area contributed by atoms with Crippen molar-refractivity contribution in [2.45, 2.75) is 102 Å². The normalized spacial score (nSPS) is 13.8. The SMILES string of the molecule is CC(=O)N[C@H](CC(C)C)C(=O)N[C@H](Cc1c[nH]c2ccccc12)C(=O)N[C@H](CCCN=C(N)N)C(=O)N[C@H](Cc1cnc[nH]1)C(=O)N[C@H](Cc1cnc[nH]1)C(=O)N[C@H](Cc1c[nH]c2ccccc12)C(N)=O. The lowest BCUT2D eigenvalue weighted by molar-refractivity contribution is -0.135. The van der Waals surface area contributed by atoms with Gasteiger partial charge in [-0.05, 0) is 48.4 Å². The highest BCUT2D eigenvalue weighted by molar-refractivity contribution is 5.98. The number of rotatable bonds is 26. The number of aromatic nitrogens is 6. The highest BCUT2D eigenvalue weighted by Crippen LogP contribution is 2.21. The zero-order valence-corrected chi connectivity index (χ0v) is 39.7. The number of benzene rings is 2. The number of H-pyrrole nitrogens is 4. The van der Waals surface area contributed by atoms with Crippen LogP contribution in [0.25, 0.3) is 21.8 Å². The van der Waals surface area contributed by atoms with Crippen LogP contribution in [0, 0.1) is 5.92 Å². The molecule has 6 rings (SSSR count). The molecule has 4 aromatic heterocycles. The van der Waals surface area contributed by atoms with E-state index in [0.29, 0.717) is 17.0 Å². The lowest BCUT2D eigenvalue weighted by Gasteiger charge is -2.27. The van der Waals surface area contributed by atoms with Gasteiger partial charge in [-0.1, -0.05) is 50.2 Å². The van der Waals surface area contributed by atoms with Crippen LogP contribution in [0.3, 0.4) is 0 Å². The molecule has 0 aliphatic carbocycles. The van der Waals surface area contributed by atoms with Gasteiger partial charge in [0.1, 0.15) is 36.3 Å². The minimum atomic E-state index is -1.38.